The standard InChI is InChI=1S/C21H19IN2O2/c22-17-10-12-18(13-11-17)23-14-21(25)24-19-8-4-5-9-20(19)26-15-16-6-2-1-3-7-16/h1-13,23H,14-15H2,(H,24,25). The number of nitrogens with one attached hydrogen (secondary N) is 2. The van der Waals surface area contributed by atoms with Crippen LogP contribution in [-0.4, -0.2) is 12.5 Å². The van der Waals surface area contributed by atoms with Crippen molar-refractivity contribution >= 4 is 39.9 Å². The molecule has 0 atom stereocenters. The molecule has 0 fully saturated rings. The second-order valence-corrected chi connectivity index (χ2v) is 6.92. The summed E-state index contributed by atoms with van der Waals surface area (Å²) >= 11 is 2.25. The highest BCUT2D eigenvalue weighted by molar-refractivity contribution is 14.1. The van der Waals surface area contributed by atoms with Crippen LogP contribution in [0.15, 0.2) is 78.9 Å². The normalized spacial score (nSPS) is 10.2. The first-order chi connectivity index (χ1) is 12.7. The Balaban J connectivity index is 1.56. The quantitative estimate of drug-likeness (QED) is 0.495. The first-order valence-corrected chi connectivity index (χ1v) is 9.33. The summed E-state index contributed by atoms with van der Waals surface area (Å²) in [5.74, 6) is 0.526. The molecule has 0 aliphatic rings. The molecule has 0 unspecified atom stereocenters. The van der Waals surface area contributed by atoms with E-state index in [-0.39, 0.29) is 12.5 Å². The number of hydrogen-bond acceptors (Lipinski definition) is 3. The van der Waals surface area contributed by atoms with Gasteiger partial charge in [0.05, 0.1) is 12.2 Å². The highest BCUT2D eigenvalue weighted by atomic mass is 127. The number of hydrogen-bond donors (Lipinski definition) is 2. The molecule has 1 amide bonds. The molecule has 0 heterocycles. The van der Waals surface area contributed by atoms with Gasteiger partial charge in [-0.2, -0.15) is 0 Å². The number of ether oxygens (including phenoxy) is 1. The minimum absolute atomic E-state index is 0.126. The molecule has 4 nitrogen and oxygen atoms in total. The van der Waals surface area contributed by atoms with Crippen molar-refractivity contribution in [1.29, 1.82) is 0 Å². The number of carbonyl (C=O) groups is 1. The van der Waals surface area contributed by atoms with Gasteiger partial charge in [0.1, 0.15) is 12.4 Å². The van der Waals surface area contributed by atoms with Gasteiger partial charge in [-0.25, -0.2) is 0 Å². The monoisotopic (exact) mass is 458 g/mol. The SMILES string of the molecule is O=C(CNc1ccc(I)cc1)Nc1ccccc1OCc1ccccc1. The lowest BCUT2D eigenvalue weighted by molar-refractivity contribution is -0.114. The maximum atomic E-state index is 12.2. The molecule has 0 saturated heterocycles. The van der Waals surface area contributed by atoms with E-state index in [1.54, 1.807) is 0 Å². The van der Waals surface area contributed by atoms with E-state index in [4.69, 9.17) is 4.74 Å². The summed E-state index contributed by atoms with van der Waals surface area (Å²) < 4.78 is 7.02. The molecule has 26 heavy (non-hydrogen) atoms. The molecule has 3 rings (SSSR count). The van der Waals surface area contributed by atoms with Gasteiger partial charge < -0.3 is 15.4 Å². The van der Waals surface area contributed by atoms with Gasteiger partial charge in [-0.05, 0) is 64.6 Å². The summed E-state index contributed by atoms with van der Waals surface area (Å²) in [4.78, 5) is 12.2. The van der Waals surface area contributed by atoms with Gasteiger partial charge in [-0.3, -0.25) is 4.79 Å². The fourth-order valence-electron chi connectivity index (χ4n) is 2.38. The molecule has 0 radical (unpaired) electrons. The van der Waals surface area contributed by atoms with Crippen LogP contribution in [0.25, 0.3) is 0 Å². The van der Waals surface area contributed by atoms with Crippen molar-refractivity contribution in [3.05, 3.63) is 88.0 Å². The van der Waals surface area contributed by atoms with Gasteiger partial charge in [0.25, 0.3) is 0 Å². The largest absolute Gasteiger partial charge is 0.487 e. The molecule has 0 spiro atoms. The Morgan fingerprint density at radius 3 is 2.35 bits per heavy atom. The summed E-state index contributed by atoms with van der Waals surface area (Å²) in [6, 6.07) is 25.3. The summed E-state index contributed by atoms with van der Waals surface area (Å²) in [6.07, 6.45) is 0. The van der Waals surface area contributed by atoms with Crippen LogP contribution in [-0.2, 0) is 11.4 Å². The molecule has 3 aromatic rings. The summed E-state index contributed by atoms with van der Waals surface area (Å²) in [6.45, 7) is 0.641. The van der Waals surface area contributed by atoms with E-state index >= 15 is 0 Å². The van der Waals surface area contributed by atoms with E-state index in [0.29, 0.717) is 18.0 Å². The molecular formula is C21H19IN2O2. The zero-order valence-corrected chi connectivity index (χ0v) is 16.3. The van der Waals surface area contributed by atoms with Crippen molar-refractivity contribution in [2.75, 3.05) is 17.2 Å². The summed E-state index contributed by atoms with van der Waals surface area (Å²) in [5, 5.41) is 6.01. The van der Waals surface area contributed by atoms with E-state index in [2.05, 4.69) is 33.2 Å². The Hall–Kier alpha value is -2.54. The molecule has 0 saturated carbocycles. The third-order valence-electron chi connectivity index (χ3n) is 3.70. The van der Waals surface area contributed by atoms with Crippen LogP contribution in [0.1, 0.15) is 5.56 Å². The van der Waals surface area contributed by atoms with Gasteiger partial charge in [-0.15, -0.1) is 0 Å². The Kier molecular flexibility index (Phi) is 6.49. The van der Waals surface area contributed by atoms with E-state index in [1.165, 1.54) is 0 Å². The number of amides is 1. The topological polar surface area (TPSA) is 50.4 Å². The number of halogens is 1. The lowest BCUT2D eigenvalue weighted by Crippen LogP contribution is -2.22. The van der Waals surface area contributed by atoms with Crippen molar-refractivity contribution in [1.82, 2.24) is 0 Å². The number of anilines is 2. The maximum absolute atomic E-state index is 12.2. The fourth-order valence-corrected chi connectivity index (χ4v) is 2.74. The predicted octanol–water partition coefficient (Wildman–Crippen LogP) is 4.92. The van der Waals surface area contributed by atoms with Crippen LogP contribution in [0.4, 0.5) is 11.4 Å². The van der Waals surface area contributed by atoms with Crippen LogP contribution in [0.5, 0.6) is 5.75 Å². The zero-order valence-electron chi connectivity index (χ0n) is 14.1. The molecule has 0 aromatic heterocycles. The minimum Gasteiger partial charge on any atom is -0.487 e. The Bertz CT molecular complexity index is 851. The molecule has 2 N–H and O–H groups in total. The van der Waals surface area contributed by atoms with Crippen LogP contribution < -0.4 is 15.4 Å². The number of rotatable bonds is 7. The van der Waals surface area contributed by atoms with Crippen LogP contribution >= 0.6 is 22.6 Å². The van der Waals surface area contributed by atoms with Gasteiger partial charge in [0.15, 0.2) is 0 Å². The average Bonchev–Trinajstić information content (AvgIpc) is 2.68. The van der Waals surface area contributed by atoms with Crippen LogP contribution in [0.2, 0.25) is 0 Å². The van der Waals surface area contributed by atoms with E-state index in [1.807, 2.05) is 78.9 Å². The Morgan fingerprint density at radius 1 is 0.885 bits per heavy atom. The predicted molar refractivity (Wildman–Crippen MR) is 113 cm³/mol. The molecular weight excluding hydrogens is 439 g/mol. The van der Waals surface area contributed by atoms with Crippen LogP contribution in [0.3, 0.4) is 0 Å². The molecule has 5 heteroatoms. The third-order valence-corrected chi connectivity index (χ3v) is 4.41. The average molecular weight is 458 g/mol. The number of carbonyl (C=O) groups excluding carboxylic acids is 1. The van der Waals surface area contributed by atoms with Gasteiger partial charge in [-0.1, -0.05) is 42.5 Å². The van der Waals surface area contributed by atoms with Crippen molar-refractivity contribution < 1.29 is 9.53 Å². The summed E-state index contributed by atoms with van der Waals surface area (Å²) in [5.41, 5.74) is 2.65. The van der Waals surface area contributed by atoms with Gasteiger partial charge >= 0.3 is 0 Å². The maximum Gasteiger partial charge on any atom is 0.243 e. The molecule has 0 aliphatic carbocycles. The summed E-state index contributed by atoms with van der Waals surface area (Å²) in [7, 11) is 0. The Morgan fingerprint density at radius 2 is 1.58 bits per heavy atom. The van der Waals surface area contributed by atoms with Gasteiger partial charge in [0, 0.05) is 9.26 Å². The molecule has 0 bridgehead atoms. The lowest BCUT2D eigenvalue weighted by atomic mass is 10.2. The lowest BCUT2D eigenvalue weighted by Gasteiger charge is -2.13. The second-order valence-electron chi connectivity index (χ2n) is 5.68. The van der Waals surface area contributed by atoms with E-state index in [9.17, 15) is 4.79 Å². The first kappa shape index (κ1) is 18.3. The smallest absolute Gasteiger partial charge is 0.243 e. The first-order valence-electron chi connectivity index (χ1n) is 8.26. The molecule has 3 aromatic carbocycles. The van der Waals surface area contributed by atoms with Crippen molar-refractivity contribution in [3.63, 3.8) is 0 Å². The van der Waals surface area contributed by atoms with Crippen molar-refractivity contribution in [3.8, 4) is 5.75 Å². The minimum atomic E-state index is -0.126. The van der Waals surface area contributed by atoms with Crippen molar-refractivity contribution in [2.24, 2.45) is 0 Å². The van der Waals surface area contributed by atoms with Crippen LogP contribution in [0, 0.1) is 3.57 Å². The van der Waals surface area contributed by atoms with Crippen molar-refractivity contribution in [2.45, 2.75) is 6.61 Å². The second kappa shape index (κ2) is 9.24. The Labute approximate surface area is 166 Å². The number of benzene rings is 3. The van der Waals surface area contributed by atoms with E-state index < -0.39 is 0 Å². The van der Waals surface area contributed by atoms with E-state index in [0.717, 1.165) is 14.8 Å². The molecule has 132 valence electrons. The zero-order chi connectivity index (χ0) is 18.2. The molecule has 0 aliphatic heterocycles. The highest BCUT2D eigenvalue weighted by Crippen LogP contribution is 2.24. The highest BCUT2D eigenvalue weighted by Gasteiger charge is 2.08. The third kappa shape index (κ3) is 5.49. The number of para-hydroxylation sites is 2. The fraction of sp³-hybridized carbons (Fsp3) is 0.0952. The van der Waals surface area contributed by atoms with Gasteiger partial charge in [0.2, 0.25) is 5.91 Å².